The molecule has 0 N–H and O–H groups in total. The number of benzene rings is 2. The summed E-state index contributed by atoms with van der Waals surface area (Å²) in [6.07, 6.45) is 0. The molecule has 0 radical (unpaired) electrons. The molecule has 0 saturated heterocycles. The SMILES string of the molecule is C=C1/C(=C/[Si](C(C)C)(C(C)C)C(C)C)Oc2cc(C)ccc2C1c1ccccc1. The van der Waals surface area contributed by atoms with Crippen molar-refractivity contribution in [2.75, 3.05) is 0 Å². The van der Waals surface area contributed by atoms with Crippen LogP contribution in [0, 0.1) is 6.92 Å². The van der Waals surface area contributed by atoms with Gasteiger partial charge in [-0.15, -0.1) is 0 Å². The van der Waals surface area contributed by atoms with Crippen molar-refractivity contribution in [1.29, 1.82) is 0 Å². The Morgan fingerprint density at radius 2 is 1.48 bits per heavy atom. The summed E-state index contributed by atoms with van der Waals surface area (Å²) in [4.78, 5) is 0. The number of rotatable bonds is 5. The summed E-state index contributed by atoms with van der Waals surface area (Å²) in [5, 5.41) is 0. The molecule has 0 fully saturated rings. The Morgan fingerprint density at radius 1 is 0.897 bits per heavy atom. The maximum atomic E-state index is 6.58. The lowest BCUT2D eigenvalue weighted by Gasteiger charge is -2.42. The van der Waals surface area contributed by atoms with E-state index in [0.29, 0.717) is 16.6 Å². The van der Waals surface area contributed by atoms with Gasteiger partial charge in [-0.3, -0.25) is 0 Å². The Morgan fingerprint density at radius 3 is 2.03 bits per heavy atom. The van der Waals surface area contributed by atoms with Gasteiger partial charge in [0.1, 0.15) is 11.5 Å². The zero-order valence-corrected chi connectivity index (χ0v) is 20.1. The van der Waals surface area contributed by atoms with Gasteiger partial charge in [-0.1, -0.05) is 96.3 Å². The van der Waals surface area contributed by atoms with Gasteiger partial charge in [-0.25, -0.2) is 0 Å². The summed E-state index contributed by atoms with van der Waals surface area (Å²) in [5.41, 5.74) is 9.27. The molecule has 154 valence electrons. The second kappa shape index (κ2) is 8.35. The zero-order valence-electron chi connectivity index (χ0n) is 19.1. The normalized spacial score (nSPS) is 18.5. The third-order valence-corrected chi connectivity index (χ3v) is 13.6. The number of ether oxygens (including phenoxy) is 1. The fourth-order valence-corrected chi connectivity index (χ4v) is 11.1. The van der Waals surface area contributed by atoms with E-state index < -0.39 is 8.07 Å². The molecule has 3 rings (SSSR count). The molecule has 0 spiro atoms. The van der Waals surface area contributed by atoms with Gasteiger partial charge in [0.15, 0.2) is 0 Å². The van der Waals surface area contributed by atoms with Crippen molar-refractivity contribution in [3.63, 3.8) is 0 Å². The molecule has 2 aromatic rings. The van der Waals surface area contributed by atoms with Crippen LogP contribution in [0.15, 0.2) is 72.1 Å². The van der Waals surface area contributed by atoms with E-state index >= 15 is 0 Å². The maximum Gasteiger partial charge on any atom is 0.131 e. The molecule has 0 aliphatic carbocycles. The van der Waals surface area contributed by atoms with Crippen LogP contribution in [-0.4, -0.2) is 8.07 Å². The fourth-order valence-electron chi connectivity index (χ4n) is 5.36. The Bertz CT molecular complexity index is 884. The van der Waals surface area contributed by atoms with Crippen LogP contribution in [0.1, 0.15) is 64.2 Å². The average Bonchev–Trinajstić information content (AvgIpc) is 2.66. The van der Waals surface area contributed by atoms with Gasteiger partial charge in [-0.2, -0.15) is 0 Å². The van der Waals surface area contributed by atoms with E-state index in [1.165, 1.54) is 16.7 Å². The molecule has 29 heavy (non-hydrogen) atoms. The Labute approximate surface area is 178 Å². The predicted octanol–water partition coefficient (Wildman–Crippen LogP) is 8.18. The molecule has 0 amide bonds. The van der Waals surface area contributed by atoms with Crippen molar-refractivity contribution >= 4 is 8.07 Å². The highest BCUT2D eigenvalue weighted by Crippen LogP contribution is 2.48. The second-order valence-electron chi connectivity index (χ2n) is 9.48. The first-order chi connectivity index (χ1) is 13.7. The van der Waals surface area contributed by atoms with Gasteiger partial charge in [0.2, 0.25) is 0 Å². The maximum absolute atomic E-state index is 6.58. The molecular weight excluding hydrogens is 368 g/mol. The molecule has 1 heterocycles. The van der Waals surface area contributed by atoms with Gasteiger partial charge in [0.25, 0.3) is 0 Å². The summed E-state index contributed by atoms with van der Waals surface area (Å²) in [7, 11) is -1.77. The minimum Gasteiger partial charge on any atom is -0.457 e. The largest absolute Gasteiger partial charge is 0.457 e. The summed E-state index contributed by atoms with van der Waals surface area (Å²) in [5.74, 6) is 2.13. The minimum atomic E-state index is -1.77. The number of hydrogen-bond acceptors (Lipinski definition) is 1. The van der Waals surface area contributed by atoms with Crippen molar-refractivity contribution in [2.45, 2.75) is 71.0 Å². The van der Waals surface area contributed by atoms with E-state index in [-0.39, 0.29) is 5.92 Å². The summed E-state index contributed by atoms with van der Waals surface area (Å²) < 4.78 is 6.58. The predicted molar refractivity (Wildman–Crippen MR) is 128 cm³/mol. The lowest BCUT2D eigenvalue weighted by Crippen LogP contribution is -2.43. The van der Waals surface area contributed by atoms with Crippen LogP contribution < -0.4 is 4.74 Å². The number of allylic oxidation sites excluding steroid dienone is 1. The van der Waals surface area contributed by atoms with Crippen molar-refractivity contribution in [2.24, 2.45) is 0 Å². The van der Waals surface area contributed by atoms with Gasteiger partial charge < -0.3 is 4.74 Å². The van der Waals surface area contributed by atoms with E-state index in [4.69, 9.17) is 4.74 Å². The van der Waals surface area contributed by atoms with Gasteiger partial charge >= 0.3 is 0 Å². The highest BCUT2D eigenvalue weighted by molar-refractivity contribution is 6.88. The third-order valence-electron chi connectivity index (χ3n) is 6.88. The fraction of sp³-hybridized carbons (Fsp3) is 0.407. The highest BCUT2D eigenvalue weighted by atomic mass is 28.3. The summed E-state index contributed by atoms with van der Waals surface area (Å²) in [6.45, 7) is 21.0. The van der Waals surface area contributed by atoms with Crippen molar-refractivity contribution in [1.82, 2.24) is 0 Å². The van der Waals surface area contributed by atoms with Crippen LogP contribution in [0.3, 0.4) is 0 Å². The first-order valence-electron chi connectivity index (χ1n) is 10.9. The monoisotopic (exact) mass is 404 g/mol. The average molecular weight is 405 g/mol. The molecule has 1 aliphatic rings. The molecule has 1 atom stereocenters. The molecule has 1 unspecified atom stereocenters. The molecular formula is C27H36OSi. The molecule has 2 heteroatoms. The first kappa shape index (κ1) is 21.6. The topological polar surface area (TPSA) is 9.23 Å². The van der Waals surface area contributed by atoms with Crippen LogP contribution in [0.4, 0.5) is 0 Å². The number of fused-ring (bicyclic) bond motifs is 1. The molecule has 0 aromatic heterocycles. The quantitative estimate of drug-likeness (QED) is 0.456. The smallest absolute Gasteiger partial charge is 0.131 e. The molecule has 0 saturated carbocycles. The Hall–Kier alpha value is -2.06. The highest BCUT2D eigenvalue weighted by Gasteiger charge is 2.43. The van der Waals surface area contributed by atoms with Crippen molar-refractivity contribution in [3.8, 4) is 5.75 Å². The van der Waals surface area contributed by atoms with Crippen LogP contribution in [-0.2, 0) is 0 Å². The van der Waals surface area contributed by atoms with E-state index in [9.17, 15) is 0 Å². The van der Waals surface area contributed by atoms with Crippen molar-refractivity contribution in [3.05, 3.63) is 88.8 Å². The third kappa shape index (κ3) is 3.87. The van der Waals surface area contributed by atoms with Crippen LogP contribution in [0.25, 0.3) is 0 Å². The first-order valence-corrected chi connectivity index (χ1v) is 13.2. The number of hydrogen-bond donors (Lipinski definition) is 0. The van der Waals surface area contributed by atoms with E-state index in [0.717, 1.165) is 17.1 Å². The minimum absolute atomic E-state index is 0.144. The van der Waals surface area contributed by atoms with Gasteiger partial charge in [0, 0.05) is 11.5 Å². The molecule has 0 bridgehead atoms. The van der Waals surface area contributed by atoms with E-state index in [1.54, 1.807) is 0 Å². The van der Waals surface area contributed by atoms with E-state index in [2.05, 4.69) is 109 Å². The summed E-state index contributed by atoms with van der Waals surface area (Å²) >= 11 is 0. The van der Waals surface area contributed by atoms with Crippen LogP contribution >= 0.6 is 0 Å². The standard InChI is InChI=1S/C27H36OSi/c1-18(2)29(19(3)4,20(5)6)17-26-22(8)27(23-12-10-9-11-13-23)24-15-14-21(7)16-25(24)28-26/h9-20,27H,8H2,1-7H3/b26-17-. The van der Waals surface area contributed by atoms with Crippen LogP contribution in [0.5, 0.6) is 5.75 Å². The number of aryl methyl sites for hydroxylation is 1. The molecule has 1 aliphatic heterocycles. The lowest BCUT2D eigenvalue weighted by molar-refractivity contribution is 0.407. The van der Waals surface area contributed by atoms with Crippen molar-refractivity contribution < 1.29 is 4.74 Å². The van der Waals surface area contributed by atoms with Gasteiger partial charge in [0.05, 0.1) is 8.07 Å². The summed E-state index contributed by atoms with van der Waals surface area (Å²) in [6, 6.07) is 17.3. The Kier molecular flexibility index (Phi) is 6.23. The Balaban J connectivity index is 2.21. The van der Waals surface area contributed by atoms with E-state index in [1.807, 2.05) is 0 Å². The molecule has 1 nitrogen and oxygen atoms in total. The molecule has 2 aromatic carbocycles. The zero-order chi connectivity index (χ0) is 21.3. The van der Waals surface area contributed by atoms with Gasteiger partial charge in [-0.05, 0) is 46.3 Å². The lowest BCUT2D eigenvalue weighted by atomic mass is 9.82. The second-order valence-corrected chi connectivity index (χ2v) is 15.2. The van der Waals surface area contributed by atoms with Crippen LogP contribution in [0.2, 0.25) is 16.6 Å².